The molecule has 1 aliphatic carbocycles. The Balaban J connectivity index is 2.34. The van der Waals surface area contributed by atoms with Crippen LogP contribution in [0.5, 0.6) is 0 Å². The van der Waals surface area contributed by atoms with Crippen LogP contribution in [0.1, 0.15) is 39.5 Å². The molecule has 4 nitrogen and oxygen atoms in total. The van der Waals surface area contributed by atoms with E-state index >= 15 is 0 Å². The summed E-state index contributed by atoms with van der Waals surface area (Å²) in [7, 11) is 3.26. The minimum Gasteiger partial charge on any atom is -0.468 e. The Labute approximate surface area is 105 Å². The molecule has 0 radical (unpaired) electrons. The summed E-state index contributed by atoms with van der Waals surface area (Å²) >= 11 is 0. The summed E-state index contributed by atoms with van der Waals surface area (Å²) in [5.74, 6) is -0.172. The van der Waals surface area contributed by atoms with E-state index in [2.05, 4.69) is 17.1 Å². The Bertz CT molecular complexity index is 254. The average molecular weight is 242 g/mol. The lowest BCUT2D eigenvalue weighted by Gasteiger charge is -2.27. The van der Waals surface area contributed by atoms with Crippen molar-refractivity contribution in [3.05, 3.63) is 0 Å². The van der Waals surface area contributed by atoms with Crippen molar-refractivity contribution in [1.29, 1.82) is 0 Å². The van der Waals surface area contributed by atoms with Crippen LogP contribution in [0.15, 0.2) is 0 Å². The highest BCUT2D eigenvalue weighted by Crippen LogP contribution is 2.27. The average Bonchev–Trinajstić information content (AvgIpc) is 3.17. The van der Waals surface area contributed by atoms with Crippen molar-refractivity contribution < 1.29 is 9.53 Å². The summed E-state index contributed by atoms with van der Waals surface area (Å²) in [4.78, 5) is 14.2. The number of nitrogens with one attached hydrogen (secondary N) is 1. The molecule has 0 heterocycles. The van der Waals surface area contributed by atoms with Crippen LogP contribution in [0, 0.1) is 0 Å². The van der Waals surface area contributed by atoms with Gasteiger partial charge in [0.2, 0.25) is 0 Å². The number of hydrogen-bond acceptors (Lipinski definition) is 4. The molecule has 0 aliphatic heterocycles. The van der Waals surface area contributed by atoms with Crippen molar-refractivity contribution in [1.82, 2.24) is 10.2 Å². The van der Waals surface area contributed by atoms with Gasteiger partial charge in [0.05, 0.1) is 7.11 Å². The maximum atomic E-state index is 11.7. The highest BCUT2D eigenvalue weighted by Gasteiger charge is 2.33. The van der Waals surface area contributed by atoms with Gasteiger partial charge in [-0.05, 0) is 52.7 Å². The van der Waals surface area contributed by atoms with Crippen LogP contribution < -0.4 is 5.32 Å². The third kappa shape index (κ3) is 3.96. The van der Waals surface area contributed by atoms with Crippen molar-refractivity contribution in [3.63, 3.8) is 0 Å². The first-order valence-electron chi connectivity index (χ1n) is 6.58. The fourth-order valence-corrected chi connectivity index (χ4v) is 2.23. The van der Waals surface area contributed by atoms with E-state index in [1.807, 2.05) is 14.0 Å². The van der Waals surface area contributed by atoms with Gasteiger partial charge < -0.3 is 15.0 Å². The maximum absolute atomic E-state index is 11.7. The van der Waals surface area contributed by atoms with Gasteiger partial charge in [-0.15, -0.1) is 0 Å². The lowest BCUT2D eigenvalue weighted by molar-refractivity contribution is -0.148. The van der Waals surface area contributed by atoms with Crippen molar-refractivity contribution >= 4 is 5.97 Å². The summed E-state index contributed by atoms with van der Waals surface area (Å²) < 4.78 is 4.83. The van der Waals surface area contributed by atoms with Gasteiger partial charge in [-0.3, -0.25) is 4.79 Å². The number of ether oxygens (including phenoxy) is 1. The zero-order valence-electron chi connectivity index (χ0n) is 11.6. The van der Waals surface area contributed by atoms with E-state index in [-0.39, 0.29) is 5.97 Å². The first-order valence-corrected chi connectivity index (χ1v) is 6.58. The fraction of sp³-hybridized carbons (Fsp3) is 0.923. The van der Waals surface area contributed by atoms with Gasteiger partial charge in [0.25, 0.3) is 0 Å². The summed E-state index contributed by atoms with van der Waals surface area (Å²) in [5, 5.41) is 3.07. The Kier molecular flexibility index (Phi) is 5.40. The lowest BCUT2D eigenvalue weighted by atomic mass is 9.96. The molecular formula is C13H26N2O2. The lowest BCUT2D eigenvalue weighted by Crippen LogP contribution is -2.48. The number of carbonyl (C=O) groups is 1. The second-order valence-electron chi connectivity index (χ2n) is 5.04. The molecule has 100 valence electrons. The zero-order valence-corrected chi connectivity index (χ0v) is 11.6. The maximum Gasteiger partial charge on any atom is 0.325 e. The quantitative estimate of drug-likeness (QED) is 0.653. The summed E-state index contributed by atoms with van der Waals surface area (Å²) in [6.07, 6.45) is 4.53. The summed E-state index contributed by atoms with van der Waals surface area (Å²) in [5.41, 5.74) is -0.544. The molecule has 4 heteroatoms. The van der Waals surface area contributed by atoms with Crippen LogP contribution in [0.4, 0.5) is 0 Å². The predicted molar refractivity (Wildman–Crippen MR) is 69.0 cm³/mol. The van der Waals surface area contributed by atoms with Crippen molar-refractivity contribution in [2.45, 2.75) is 51.1 Å². The van der Waals surface area contributed by atoms with E-state index < -0.39 is 5.54 Å². The Hall–Kier alpha value is -0.610. The van der Waals surface area contributed by atoms with Crippen LogP contribution in [0.2, 0.25) is 0 Å². The Morgan fingerprint density at radius 2 is 2.18 bits per heavy atom. The molecule has 0 aromatic heterocycles. The molecule has 1 saturated carbocycles. The van der Waals surface area contributed by atoms with E-state index in [1.165, 1.54) is 20.0 Å². The number of nitrogens with zero attached hydrogens (tertiary/aromatic N) is 1. The van der Waals surface area contributed by atoms with Gasteiger partial charge in [0.1, 0.15) is 5.54 Å². The predicted octanol–water partition coefficient (Wildman–Crippen LogP) is 1.40. The first kappa shape index (κ1) is 14.5. The highest BCUT2D eigenvalue weighted by atomic mass is 16.5. The van der Waals surface area contributed by atoms with Crippen molar-refractivity contribution in [2.24, 2.45) is 0 Å². The van der Waals surface area contributed by atoms with Gasteiger partial charge in [-0.1, -0.05) is 6.92 Å². The van der Waals surface area contributed by atoms with Gasteiger partial charge in [-0.25, -0.2) is 0 Å². The van der Waals surface area contributed by atoms with E-state index in [1.54, 1.807) is 0 Å². The molecule has 0 bridgehead atoms. The number of carbonyl (C=O) groups excluding carboxylic acids is 1. The van der Waals surface area contributed by atoms with E-state index in [0.29, 0.717) is 0 Å². The van der Waals surface area contributed by atoms with E-state index in [0.717, 1.165) is 32.0 Å². The molecule has 0 aromatic carbocycles. The minimum absolute atomic E-state index is 0.172. The smallest absolute Gasteiger partial charge is 0.325 e. The third-order valence-electron chi connectivity index (χ3n) is 3.78. The second-order valence-corrected chi connectivity index (χ2v) is 5.04. The molecule has 1 atom stereocenters. The minimum atomic E-state index is -0.544. The number of likely N-dealkylation sites (N-methyl/N-ethyl adjacent to an activating group) is 1. The topological polar surface area (TPSA) is 41.6 Å². The molecule has 1 fully saturated rings. The van der Waals surface area contributed by atoms with Crippen molar-refractivity contribution in [3.8, 4) is 0 Å². The fourth-order valence-electron chi connectivity index (χ4n) is 2.23. The first-order chi connectivity index (χ1) is 8.07. The van der Waals surface area contributed by atoms with Crippen LogP contribution >= 0.6 is 0 Å². The number of rotatable bonds is 8. The van der Waals surface area contributed by atoms with E-state index in [9.17, 15) is 4.79 Å². The normalized spacial score (nSPS) is 19.1. The van der Waals surface area contributed by atoms with E-state index in [4.69, 9.17) is 4.74 Å². The van der Waals surface area contributed by atoms with Gasteiger partial charge in [-0.2, -0.15) is 0 Å². The van der Waals surface area contributed by atoms with Crippen LogP contribution in [-0.2, 0) is 9.53 Å². The summed E-state index contributed by atoms with van der Waals surface area (Å²) in [6.45, 7) is 6.30. The Morgan fingerprint density at radius 1 is 1.53 bits per heavy atom. The van der Waals surface area contributed by atoms with Gasteiger partial charge in [0, 0.05) is 6.04 Å². The van der Waals surface area contributed by atoms with Crippen LogP contribution in [-0.4, -0.2) is 49.7 Å². The standard InChI is InChI=1S/C13H26N2O2/c1-5-15(11-7-8-11)10-6-9-13(2,14-3)12(16)17-4/h11,14H,5-10H2,1-4H3. The molecule has 17 heavy (non-hydrogen) atoms. The highest BCUT2D eigenvalue weighted by molar-refractivity contribution is 5.80. The molecule has 0 saturated heterocycles. The molecule has 1 N–H and O–H groups in total. The second kappa shape index (κ2) is 6.36. The van der Waals surface area contributed by atoms with Gasteiger partial charge in [0.15, 0.2) is 0 Å². The Morgan fingerprint density at radius 3 is 2.59 bits per heavy atom. The summed E-state index contributed by atoms with van der Waals surface area (Å²) in [6, 6.07) is 0.805. The molecular weight excluding hydrogens is 216 g/mol. The molecule has 0 amide bonds. The molecule has 0 spiro atoms. The third-order valence-corrected chi connectivity index (χ3v) is 3.78. The largest absolute Gasteiger partial charge is 0.468 e. The molecule has 1 aliphatic rings. The SMILES string of the molecule is CCN(CCCC(C)(NC)C(=O)OC)C1CC1. The number of hydrogen-bond donors (Lipinski definition) is 1. The molecule has 1 rings (SSSR count). The van der Waals surface area contributed by atoms with Crippen molar-refractivity contribution in [2.75, 3.05) is 27.2 Å². The molecule has 1 unspecified atom stereocenters. The number of methoxy groups -OCH3 is 1. The van der Waals surface area contributed by atoms with Gasteiger partial charge >= 0.3 is 5.97 Å². The number of esters is 1. The van der Waals surface area contributed by atoms with Crippen LogP contribution in [0.3, 0.4) is 0 Å². The molecule has 0 aromatic rings. The zero-order chi connectivity index (χ0) is 12.9. The van der Waals surface area contributed by atoms with Crippen LogP contribution in [0.25, 0.3) is 0 Å². The monoisotopic (exact) mass is 242 g/mol.